The average Bonchev–Trinajstić information content (AvgIpc) is 3.17. The van der Waals surface area contributed by atoms with E-state index in [1.165, 1.54) is 25.3 Å². The topological polar surface area (TPSA) is 81.6 Å². The van der Waals surface area contributed by atoms with E-state index < -0.39 is 0 Å². The third-order valence-electron chi connectivity index (χ3n) is 5.49. The van der Waals surface area contributed by atoms with Crippen LogP contribution in [-0.2, 0) is 4.79 Å². The van der Waals surface area contributed by atoms with E-state index in [2.05, 4.69) is 25.9 Å². The Kier molecular flexibility index (Phi) is 10.6. The molecule has 1 aromatic rings. The number of aliphatic imine (C=N–C) groups is 1. The van der Waals surface area contributed by atoms with Gasteiger partial charge in [-0.2, -0.15) is 0 Å². The molecule has 1 aromatic heterocycles. The second kappa shape index (κ2) is 12.9. The van der Waals surface area contributed by atoms with E-state index in [0.717, 1.165) is 32.4 Å². The molecule has 168 valence electrons. The molecule has 2 fully saturated rings. The van der Waals surface area contributed by atoms with E-state index in [1.807, 2.05) is 11.8 Å². The van der Waals surface area contributed by atoms with E-state index in [9.17, 15) is 9.18 Å². The lowest BCUT2D eigenvalue weighted by atomic mass is 9.95. The van der Waals surface area contributed by atoms with Gasteiger partial charge in [0, 0.05) is 44.3 Å². The van der Waals surface area contributed by atoms with E-state index in [4.69, 9.17) is 0 Å². The summed E-state index contributed by atoms with van der Waals surface area (Å²) in [5.74, 6) is 0.885. The van der Waals surface area contributed by atoms with Gasteiger partial charge >= 0.3 is 0 Å². The van der Waals surface area contributed by atoms with Crippen LogP contribution in [0.4, 0.5) is 10.2 Å². The van der Waals surface area contributed by atoms with Gasteiger partial charge in [0.1, 0.15) is 0 Å². The van der Waals surface area contributed by atoms with Gasteiger partial charge in [0.05, 0.1) is 6.54 Å². The summed E-state index contributed by atoms with van der Waals surface area (Å²) >= 11 is 0. The van der Waals surface area contributed by atoms with Gasteiger partial charge in [-0.15, -0.1) is 24.0 Å². The van der Waals surface area contributed by atoms with Crippen molar-refractivity contribution in [2.24, 2.45) is 4.99 Å². The molecule has 2 heterocycles. The Morgan fingerprint density at radius 3 is 2.77 bits per heavy atom. The number of aromatic nitrogens is 1. The molecular weight excluding hydrogens is 498 g/mol. The molecule has 3 N–H and O–H groups in total. The molecule has 1 aliphatic carbocycles. The number of pyridine rings is 1. The first-order valence-corrected chi connectivity index (χ1v) is 10.9. The van der Waals surface area contributed by atoms with Crippen LogP contribution in [0.25, 0.3) is 0 Å². The standard InChI is InChI=1S/C21H33FN6O.HI/c1-2-23-21(25-13-10-19(29)26-16-7-4-3-5-8-16)27-17-11-14-28(15-17)20-18(22)9-6-12-24-20;/h6,9,12,16-17H,2-5,7-8,10-11,13-15H2,1H3,(H,26,29)(H2,23,25,27);1H. The molecule has 0 aromatic carbocycles. The number of nitrogens with one attached hydrogen (secondary N) is 3. The van der Waals surface area contributed by atoms with Gasteiger partial charge < -0.3 is 20.9 Å². The number of hydrogen-bond donors (Lipinski definition) is 3. The molecule has 3 rings (SSSR count). The van der Waals surface area contributed by atoms with Crippen molar-refractivity contribution in [3.8, 4) is 0 Å². The number of amides is 1. The fourth-order valence-corrected chi connectivity index (χ4v) is 4.01. The Morgan fingerprint density at radius 2 is 2.03 bits per heavy atom. The number of nitrogens with zero attached hydrogens (tertiary/aromatic N) is 3. The highest BCUT2D eigenvalue weighted by atomic mass is 127. The van der Waals surface area contributed by atoms with Gasteiger partial charge in [-0.1, -0.05) is 19.3 Å². The number of guanidine groups is 1. The number of carbonyl (C=O) groups is 1. The minimum atomic E-state index is -0.294. The van der Waals surface area contributed by atoms with Crippen LogP contribution >= 0.6 is 24.0 Å². The van der Waals surface area contributed by atoms with Crippen molar-refractivity contribution < 1.29 is 9.18 Å². The van der Waals surface area contributed by atoms with Crippen LogP contribution in [0.3, 0.4) is 0 Å². The van der Waals surface area contributed by atoms with Crippen molar-refractivity contribution in [2.75, 3.05) is 31.1 Å². The van der Waals surface area contributed by atoms with E-state index in [0.29, 0.717) is 37.3 Å². The molecule has 9 heteroatoms. The average molecular weight is 532 g/mol. The first-order chi connectivity index (χ1) is 14.2. The van der Waals surface area contributed by atoms with Crippen LogP contribution in [0.15, 0.2) is 23.3 Å². The molecular formula is C21H34FIN6O. The van der Waals surface area contributed by atoms with Gasteiger partial charge in [0.25, 0.3) is 0 Å². The molecule has 0 spiro atoms. The van der Waals surface area contributed by atoms with Gasteiger partial charge in [-0.3, -0.25) is 9.79 Å². The summed E-state index contributed by atoms with van der Waals surface area (Å²) < 4.78 is 14.0. The summed E-state index contributed by atoms with van der Waals surface area (Å²) in [6.45, 7) is 4.61. The maximum atomic E-state index is 14.0. The van der Waals surface area contributed by atoms with Gasteiger partial charge in [0.2, 0.25) is 5.91 Å². The van der Waals surface area contributed by atoms with Crippen molar-refractivity contribution >= 4 is 41.7 Å². The highest BCUT2D eigenvalue weighted by Gasteiger charge is 2.26. The summed E-state index contributed by atoms with van der Waals surface area (Å²) in [5, 5.41) is 9.76. The van der Waals surface area contributed by atoms with Gasteiger partial charge in [-0.25, -0.2) is 9.37 Å². The fraction of sp³-hybridized carbons (Fsp3) is 0.667. The maximum Gasteiger partial charge on any atom is 0.222 e. The zero-order valence-corrected chi connectivity index (χ0v) is 20.0. The predicted molar refractivity (Wildman–Crippen MR) is 129 cm³/mol. The number of halogens is 2. The SMILES string of the molecule is CCNC(=NCCC(=O)NC1CCCCC1)NC1CCN(c2ncccc2F)C1.I. The molecule has 2 aliphatic rings. The third kappa shape index (κ3) is 7.55. The normalized spacial score (nSPS) is 19.9. The lowest BCUT2D eigenvalue weighted by Gasteiger charge is -2.22. The molecule has 1 atom stereocenters. The Hall–Kier alpha value is -1.65. The van der Waals surface area contributed by atoms with Gasteiger partial charge in [-0.05, 0) is 38.3 Å². The minimum Gasteiger partial charge on any atom is -0.357 e. The molecule has 1 saturated carbocycles. The largest absolute Gasteiger partial charge is 0.357 e. The maximum absolute atomic E-state index is 14.0. The summed E-state index contributed by atoms with van der Waals surface area (Å²) in [6, 6.07) is 3.53. The highest BCUT2D eigenvalue weighted by Crippen LogP contribution is 2.20. The van der Waals surface area contributed by atoms with Crippen molar-refractivity contribution in [3.05, 3.63) is 24.1 Å². The second-order valence-corrected chi connectivity index (χ2v) is 7.80. The van der Waals surface area contributed by atoms with Crippen LogP contribution in [-0.4, -0.2) is 55.1 Å². The van der Waals surface area contributed by atoms with Crippen LogP contribution in [0.2, 0.25) is 0 Å². The number of carbonyl (C=O) groups excluding carboxylic acids is 1. The molecule has 0 radical (unpaired) electrons. The smallest absolute Gasteiger partial charge is 0.222 e. The quantitative estimate of drug-likeness (QED) is 0.286. The fourth-order valence-electron chi connectivity index (χ4n) is 4.01. The molecule has 1 aliphatic heterocycles. The van der Waals surface area contributed by atoms with Crippen LogP contribution in [0.5, 0.6) is 0 Å². The summed E-state index contributed by atoms with van der Waals surface area (Å²) in [5.41, 5.74) is 0. The molecule has 0 bridgehead atoms. The minimum absolute atomic E-state index is 0. The zero-order valence-electron chi connectivity index (χ0n) is 17.7. The number of anilines is 1. The lowest BCUT2D eigenvalue weighted by molar-refractivity contribution is -0.121. The summed E-state index contributed by atoms with van der Waals surface area (Å²) in [7, 11) is 0. The Bertz CT molecular complexity index is 698. The van der Waals surface area contributed by atoms with Crippen LogP contribution < -0.4 is 20.9 Å². The number of rotatable bonds is 7. The van der Waals surface area contributed by atoms with E-state index in [-0.39, 0.29) is 41.7 Å². The molecule has 1 saturated heterocycles. The van der Waals surface area contributed by atoms with Crippen LogP contribution in [0.1, 0.15) is 51.9 Å². The Labute approximate surface area is 195 Å². The third-order valence-corrected chi connectivity index (χ3v) is 5.49. The summed E-state index contributed by atoms with van der Waals surface area (Å²) in [6.07, 6.45) is 8.76. The first kappa shape index (κ1) is 24.6. The van der Waals surface area contributed by atoms with Gasteiger partial charge in [0.15, 0.2) is 17.6 Å². The Balaban J connectivity index is 0.00000320. The van der Waals surface area contributed by atoms with E-state index >= 15 is 0 Å². The Morgan fingerprint density at radius 1 is 1.23 bits per heavy atom. The van der Waals surface area contributed by atoms with Crippen molar-refractivity contribution in [3.63, 3.8) is 0 Å². The van der Waals surface area contributed by atoms with E-state index in [1.54, 1.807) is 12.3 Å². The molecule has 7 nitrogen and oxygen atoms in total. The predicted octanol–water partition coefficient (Wildman–Crippen LogP) is 2.81. The van der Waals surface area contributed by atoms with Crippen molar-refractivity contribution in [1.29, 1.82) is 0 Å². The molecule has 1 unspecified atom stereocenters. The zero-order chi connectivity index (χ0) is 20.5. The molecule has 30 heavy (non-hydrogen) atoms. The van der Waals surface area contributed by atoms with Crippen molar-refractivity contribution in [2.45, 2.75) is 64.0 Å². The monoisotopic (exact) mass is 532 g/mol. The first-order valence-electron chi connectivity index (χ1n) is 10.9. The van der Waals surface area contributed by atoms with Crippen LogP contribution in [0, 0.1) is 5.82 Å². The lowest BCUT2D eigenvalue weighted by Crippen LogP contribution is -2.45. The molecule has 1 amide bonds. The summed E-state index contributed by atoms with van der Waals surface area (Å²) in [4.78, 5) is 22.8. The second-order valence-electron chi connectivity index (χ2n) is 7.80. The van der Waals surface area contributed by atoms with Crippen molar-refractivity contribution in [1.82, 2.24) is 20.9 Å². The number of hydrogen-bond acceptors (Lipinski definition) is 4. The highest BCUT2D eigenvalue weighted by molar-refractivity contribution is 14.0.